The van der Waals surface area contributed by atoms with E-state index in [2.05, 4.69) is 70.3 Å². The van der Waals surface area contributed by atoms with Gasteiger partial charge in [-0.3, -0.25) is 9.88 Å². The number of hydrogen-bond acceptors (Lipinski definition) is 3. The summed E-state index contributed by atoms with van der Waals surface area (Å²) in [6.45, 7) is 6.57. The summed E-state index contributed by atoms with van der Waals surface area (Å²) < 4.78 is 0. The maximum atomic E-state index is 4.21. The van der Waals surface area contributed by atoms with Crippen molar-refractivity contribution in [3.63, 3.8) is 0 Å². The second-order valence-corrected chi connectivity index (χ2v) is 6.76. The van der Waals surface area contributed by atoms with Crippen molar-refractivity contribution in [3.8, 4) is 0 Å². The second kappa shape index (κ2) is 6.38. The summed E-state index contributed by atoms with van der Waals surface area (Å²) in [6.07, 6.45) is 6.00. The molecular formula is C20H24N4. The van der Waals surface area contributed by atoms with E-state index in [1.54, 1.807) is 0 Å². The normalized spacial score (nSPS) is 18.1. The molecule has 3 heterocycles. The van der Waals surface area contributed by atoms with Crippen LogP contribution in [0.4, 0.5) is 0 Å². The highest BCUT2D eigenvalue weighted by molar-refractivity contribution is 5.86. The van der Waals surface area contributed by atoms with Crippen molar-refractivity contribution >= 4 is 10.9 Å². The van der Waals surface area contributed by atoms with E-state index < -0.39 is 0 Å². The average molecular weight is 320 g/mol. The minimum atomic E-state index is 0.275. The quantitative estimate of drug-likeness (QED) is 0.805. The Morgan fingerprint density at radius 1 is 1.04 bits per heavy atom. The second-order valence-electron chi connectivity index (χ2n) is 6.76. The van der Waals surface area contributed by atoms with Crippen LogP contribution in [0.25, 0.3) is 10.9 Å². The number of aromatic nitrogens is 2. The van der Waals surface area contributed by atoms with Gasteiger partial charge in [-0.1, -0.05) is 18.2 Å². The highest BCUT2D eigenvalue weighted by Crippen LogP contribution is 2.34. The monoisotopic (exact) mass is 320 g/mol. The van der Waals surface area contributed by atoms with Gasteiger partial charge in [-0.05, 0) is 42.8 Å². The van der Waals surface area contributed by atoms with E-state index in [0.29, 0.717) is 0 Å². The van der Waals surface area contributed by atoms with Crippen LogP contribution in [-0.4, -0.2) is 53.0 Å². The summed E-state index contributed by atoms with van der Waals surface area (Å²) in [5, 5.41) is 1.33. The molecule has 4 heteroatoms. The maximum Gasteiger partial charge on any atom is 0.0624 e. The van der Waals surface area contributed by atoms with E-state index in [9.17, 15) is 0 Å². The first-order valence-corrected chi connectivity index (χ1v) is 8.63. The Labute approximate surface area is 143 Å². The zero-order chi connectivity index (χ0) is 16.5. The molecule has 1 aliphatic heterocycles. The summed E-state index contributed by atoms with van der Waals surface area (Å²) in [4.78, 5) is 12.7. The van der Waals surface area contributed by atoms with Gasteiger partial charge in [-0.15, -0.1) is 0 Å². The van der Waals surface area contributed by atoms with Crippen LogP contribution in [0.2, 0.25) is 0 Å². The lowest BCUT2D eigenvalue weighted by atomic mass is 9.96. The van der Waals surface area contributed by atoms with Crippen LogP contribution in [0.15, 0.2) is 48.9 Å². The van der Waals surface area contributed by atoms with Crippen molar-refractivity contribution in [3.05, 3.63) is 65.6 Å². The molecule has 1 unspecified atom stereocenters. The van der Waals surface area contributed by atoms with Crippen LogP contribution in [0.3, 0.4) is 0 Å². The summed E-state index contributed by atoms with van der Waals surface area (Å²) >= 11 is 0. The fourth-order valence-corrected chi connectivity index (χ4v) is 3.77. The molecular weight excluding hydrogens is 296 g/mol. The minimum Gasteiger partial charge on any atom is -0.361 e. The number of piperazine rings is 1. The molecule has 124 valence electrons. The number of benzene rings is 1. The van der Waals surface area contributed by atoms with Crippen molar-refractivity contribution in [2.75, 3.05) is 33.2 Å². The van der Waals surface area contributed by atoms with Gasteiger partial charge in [0.25, 0.3) is 0 Å². The SMILES string of the molecule is Cc1cccc2c(C(c3ccncc3)N3CCN(C)CC3)c[nH]c12. The van der Waals surface area contributed by atoms with Gasteiger partial charge in [0.15, 0.2) is 0 Å². The summed E-state index contributed by atoms with van der Waals surface area (Å²) in [5.41, 5.74) is 5.23. The molecule has 0 bridgehead atoms. The Bertz CT molecular complexity index is 816. The minimum absolute atomic E-state index is 0.275. The molecule has 2 aromatic heterocycles. The lowest BCUT2D eigenvalue weighted by molar-refractivity contribution is 0.127. The average Bonchev–Trinajstić information content (AvgIpc) is 3.03. The molecule has 0 spiro atoms. The first kappa shape index (κ1) is 15.4. The molecule has 4 nitrogen and oxygen atoms in total. The zero-order valence-corrected chi connectivity index (χ0v) is 14.4. The molecule has 1 fully saturated rings. The van der Waals surface area contributed by atoms with Gasteiger partial charge in [0, 0.05) is 55.7 Å². The van der Waals surface area contributed by atoms with Gasteiger partial charge in [-0.2, -0.15) is 0 Å². The standard InChI is InChI=1S/C20H24N4/c1-15-4-3-5-17-18(14-22-19(15)17)20(16-6-8-21-9-7-16)24-12-10-23(2)11-13-24/h3-9,14,20,22H,10-13H2,1-2H3. The lowest BCUT2D eigenvalue weighted by Gasteiger charge is -2.38. The van der Waals surface area contributed by atoms with Crippen molar-refractivity contribution in [2.45, 2.75) is 13.0 Å². The largest absolute Gasteiger partial charge is 0.361 e. The van der Waals surface area contributed by atoms with Gasteiger partial charge in [0.05, 0.1) is 6.04 Å². The Morgan fingerprint density at radius 3 is 2.54 bits per heavy atom. The van der Waals surface area contributed by atoms with Crippen LogP contribution in [-0.2, 0) is 0 Å². The number of pyridine rings is 1. The van der Waals surface area contributed by atoms with E-state index in [1.807, 2.05) is 12.4 Å². The fourth-order valence-electron chi connectivity index (χ4n) is 3.77. The van der Waals surface area contributed by atoms with Crippen LogP contribution in [0.5, 0.6) is 0 Å². The third-order valence-electron chi connectivity index (χ3n) is 5.18. The highest BCUT2D eigenvalue weighted by atomic mass is 15.3. The molecule has 1 aromatic carbocycles. The number of nitrogens with zero attached hydrogens (tertiary/aromatic N) is 3. The molecule has 0 aliphatic carbocycles. The number of rotatable bonds is 3. The lowest BCUT2D eigenvalue weighted by Crippen LogP contribution is -2.46. The van der Waals surface area contributed by atoms with Crippen LogP contribution in [0.1, 0.15) is 22.7 Å². The summed E-state index contributed by atoms with van der Waals surface area (Å²) in [5.74, 6) is 0. The van der Waals surface area contributed by atoms with E-state index in [-0.39, 0.29) is 6.04 Å². The number of aromatic amines is 1. The summed E-state index contributed by atoms with van der Waals surface area (Å²) in [7, 11) is 2.20. The van der Waals surface area contributed by atoms with Crippen LogP contribution in [0, 0.1) is 6.92 Å². The molecule has 0 saturated carbocycles. The highest BCUT2D eigenvalue weighted by Gasteiger charge is 2.27. The molecule has 1 saturated heterocycles. The predicted molar refractivity (Wildman–Crippen MR) is 98.2 cm³/mol. The third kappa shape index (κ3) is 2.72. The van der Waals surface area contributed by atoms with Gasteiger partial charge in [0.2, 0.25) is 0 Å². The van der Waals surface area contributed by atoms with Crippen molar-refractivity contribution in [1.29, 1.82) is 0 Å². The number of fused-ring (bicyclic) bond motifs is 1. The first-order chi connectivity index (χ1) is 11.7. The molecule has 1 N–H and O–H groups in total. The van der Waals surface area contributed by atoms with Crippen LogP contribution < -0.4 is 0 Å². The molecule has 0 amide bonds. The van der Waals surface area contributed by atoms with Crippen molar-refractivity contribution < 1.29 is 0 Å². The van der Waals surface area contributed by atoms with Gasteiger partial charge in [-0.25, -0.2) is 0 Å². The van der Waals surface area contributed by atoms with E-state index in [1.165, 1.54) is 27.6 Å². The fraction of sp³-hybridized carbons (Fsp3) is 0.350. The molecule has 4 rings (SSSR count). The van der Waals surface area contributed by atoms with E-state index in [4.69, 9.17) is 0 Å². The Morgan fingerprint density at radius 2 is 1.79 bits per heavy atom. The zero-order valence-electron chi connectivity index (χ0n) is 14.4. The number of aryl methyl sites for hydroxylation is 1. The number of likely N-dealkylation sites (N-methyl/N-ethyl adjacent to an activating group) is 1. The molecule has 0 radical (unpaired) electrons. The number of nitrogens with one attached hydrogen (secondary N) is 1. The van der Waals surface area contributed by atoms with Gasteiger partial charge < -0.3 is 9.88 Å². The summed E-state index contributed by atoms with van der Waals surface area (Å²) in [6, 6.07) is 11.1. The molecule has 1 aliphatic rings. The van der Waals surface area contributed by atoms with Crippen LogP contribution >= 0.6 is 0 Å². The molecule has 3 aromatic rings. The topological polar surface area (TPSA) is 35.2 Å². The number of hydrogen-bond donors (Lipinski definition) is 1. The third-order valence-corrected chi connectivity index (χ3v) is 5.18. The Balaban J connectivity index is 1.81. The first-order valence-electron chi connectivity index (χ1n) is 8.63. The van der Waals surface area contributed by atoms with E-state index >= 15 is 0 Å². The van der Waals surface area contributed by atoms with E-state index in [0.717, 1.165) is 26.2 Å². The van der Waals surface area contributed by atoms with Crippen molar-refractivity contribution in [1.82, 2.24) is 19.8 Å². The molecule has 24 heavy (non-hydrogen) atoms. The van der Waals surface area contributed by atoms with Gasteiger partial charge >= 0.3 is 0 Å². The van der Waals surface area contributed by atoms with Gasteiger partial charge in [0.1, 0.15) is 0 Å². The maximum absolute atomic E-state index is 4.21. The Hall–Kier alpha value is -2.17. The van der Waals surface area contributed by atoms with Crippen molar-refractivity contribution in [2.24, 2.45) is 0 Å². The predicted octanol–water partition coefficient (Wildman–Crippen LogP) is 3.21. The number of H-pyrrole nitrogens is 1. The molecule has 1 atom stereocenters. The Kier molecular flexibility index (Phi) is 4.08. The number of para-hydroxylation sites is 1. The smallest absolute Gasteiger partial charge is 0.0624 e.